The summed E-state index contributed by atoms with van der Waals surface area (Å²) in [6, 6.07) is 72.4. The average molecular weight is 949 g/mol. The molecule has 1 unspecified atom stereocenters. The highest BCUT2D eigenvalue weighted by molar-refractivity contribution is 7.81. The second-order valence-electron chi connectivity index (χ2n) is 21.4. The Morgan fingerprint density at radius 2 is 0.901 bits per heavy atom. The van der Waals surface area contributed by atoms with E-state index in [-0.39, 0.29) is 16.2 Å². The van der Waals surface area contributed by atoms with Crippen LogP contribution in [-0.2, 0) is 21.0 Å². The first kappa shape index (κ1) is 48.6. The number of hydrogen-bond acceptors (Lipinski definition) is 6. The van der Waals surface area contributed by atoms with Crippen molar-refractivity contribution in [2.24, 2.45) is 0 Å². The lowest BCUT2D eigenvalue weighted by Gasteiger charge is -2.37. The van der Waals surface area contributed by atoms with Gasteiger partial charge in [0.05, 0.1) is 17.1 Å². The number of nitrogens with zero attached hydrogens (tertiary/aromatic N) is 4. The third-order valence-corrected chi connectivity index (χ3v) is 13.9. The fourth-order valence-electron chi connectivity index (χ4n) is 9.11. The Hall–Kier alpha value is -7.41. The number of para-hydroxylation sites is 2. The van der Waals surface area contributed by atoms with Gasteiger partial charge in [-0.2, -0.15) is 12.6 Å². The van der Waals surface area contributed by atoms with Crippen molar-refractivity contribution in [2.75, 3.05) is 9.80 Å². The van der Waals surface area contributed by atoms with E-state index in [1.54, 1.807) is 0 Å². The van der Waals surface area contributed by atoms with E-state index in [0.29, 0.717) is 11.5 Å². The van der Waals surface area contributed by atoms with Crippen molar-refractivity contribution in [2.45, 2.75) is 83.3 Å². The number of aromatic nitrogens is 2. The van der Waals surface area contributed by atoms with Crippen LogP contribution in [0.4, 0.5) is 34.1 Å². The normalized spacial score (nSPS) is 12.8. The first-order chi connectivity index (χ1) is 34.0. The number of anilines is 6. The smallest absolute Gasteiger partial charge is 0.128 e. The summed E-state index contributed by atoms with van der Waals surface area (Å²) in [5.41, 5.74) is 14.3. The minimum atomic E-state index is -1.05. The number of thiol groups is 1. The van der Waals surface area contributed by atoms with Crippen LogP contribution in [-0.4, -0.2) is 9.97 Å². The van der Waals surface area contributed by atoms with E-state index < -0.39 is 4.75 Å². The van der Waals surface area contributed by atoms with Crippen LogP contribution in [0.1, 0.15) is 95.8 Å². The first-order valence-electron chi connectivity index (χ1n) is 24.5. The molecule has 6 heteroatoms. The van der Waals surface area contributed by atoms with Crippen molar-refractivity contribution < 1.29 is 4.74 Å². The molecule has 2 heterocycles. The van der Waals surface area contributed by atoms with Crippen molar-refractivity contribution in [3.8, 4) is 22.8 Å². The van der Waals surface area contributed by atoms with E-state index in [0.717, 1.165) is 62.2 Å². The van der Waals surface area contributed by atoms with Gasteiger partial charge < -0.3 is 14.5 Å². The molecular formula is C65H64N4OS. The molecule has 1 atom stereocenters. The predicted molar refractivity (Wildman–Crippen MR) is 301 cm³/mol. The van der Waals surface area contributed by atoms with E-state index in [4.69, 9.17) is 27.3 Å². The van der Waals surface area contributed by atoms with Crippen molar-refractivity contribution in [1.82, 2.24) is 9.97 Å². The summed E-state index contributed by atoms with van der Waals surface area (Å²) in [5, 5.41) is 0. The van der Waals surface area contributed by atoms with E-state index in [1.807, 2.05) is 60.9 Å². The van der Waals surface area contributed by atoms with Gasteiger partial charge in [-0.05, 0) is 142 Å². The molecule has 0 N–H and O–H groups in total. The quantitative estimate of drug-likeness (QED) is 0.124. The van der Waals surface area contributed by atoms with Gasteiger partial charge in [0.2, 0.25) is 0 Å². The average Bonchev–Trinajstić information content (AvgIpc) is 3.37. The van der Waals surface area contributed by atoms with Crippen molar-refractivity contribution in [3.63, 3.8) is 0 Å². The molecule has 5 nitrogen and oxygen atoms in total. The molecule has 0 spiro atoms. The largest absolute Gasteiger partial charge is 0.457 e. The highest BCUT2D eigenvalue weighted by Crippen LogP contribution is 2.51. The van der Waals surface area contributed by atoms with Crippen LogP contribution in [0.25, 0.3) is 11.3 Å². The Morgan fingerprint density at radius 3 is 1.45 bits per heavy atom. The molecule has 0 saturated heterocycles. The Morgan fingerprint density at radius 1 is 0.380 bits per heavy atom. The van der Waals surface area contributed by atoms with E-state index >= 15 is 0 Å². The van der Waals surface area contributed by atoms with Crippen LogP contribution in [0.3, 0.4) is 0 Å². The number of benzene rings is 7. The molecule has 0 fully saturated rings. The van der Waals surface area contributed by atoms with Crippen molar-refractivity contribution in [3.05, 3.63) is 252 Å². The SMILES string of the molecule is CC(C)(C)c1ccc(N(c2ccc(C(C)(C)C)cc2)c2ccc(C(C)(C)C)cc2C(S)(c2cccc(Oc3cccc(-c4cc(N(c5ccccc5)c5ccccc5)ccn4)c3)c2)c2ccccn2)cc1. The van der Waals surface area contributed by atoms with Crippen LogP contribution >= 0.6 is 12.6 Å². The molecule has 356 valence electrons. The zero-order valence-corrected chi connectivity index (χ0v) is 43.3. The van der Waals surface area contributed by atoms with Crippen LogP contribution in [0.5, 0.6) is 11.5 Å². The van der Waals surface area contributed by atoms with Gasteiger partial charge >= 0.3 is 0 Å². The summed E-state index contributed by atoms with van der Waals surface area (Å²) < 4.78 is 5.78. The van der Waals surface area contributed by atoms with Gasteiger partial charge in [-0.3, -0.25) is 9.97 Å². The summed E-state index contributed by atoms with van der Waals surface area (Å²) in [5.74, 6) is 1.37. The summed E-state index contributed by atoms with van der Waals surface area (Å²) in [4.78, 5) is 14.6. The lowest BCUT2D eigenvalue weighted by molar-refractivity contribution is 0.482. The minimum absolute atomic E-state index is 0.000146. The summed E-state index contributed by atoms with van der Waals surface area (Å²) in [6.07, 6.45) is 3.73. The highest BCUT2D eigenvalue weighted by Gasteiger charge is 2.39. The zero-order valence-electron chi connectivity index (χ0n) is 42.4. The van der Waals surface area contributed by atoms with Crippen LogP contribution in [0, 0.1) is 0 Å². The Bertz CT molecular complexity index is 3130. The van der Waals surface area contributed by atoms with Crippen LogP contribution < -0.4 is 14.5 Å². The standard InChI is InChI=1S/C65H64N4OS/c1-62(2,3)47-29-34-53(35-30-47)69(54-36-31-48(32-37-54)63(4,5)6)60-38-33-49(64(7,8)9)44-58(60)65(71,61-28-16-17-40-67-61)50-21-19-27-57(43-50)70-56-26-18-20-46(42-56)59-45-55(39-41-66-59)68(51-22-12-10-13-23-51)52-24-14-11-15-25-52/h10-45,71H,1-9H3. The molecule has 0 bridgehead atoms. The first-order valence-corrected chi connectivity index (χ1v) is 25.0. The summed E-state index contributed by atoms with van der Waals surface area (Å²) in [6.45, 7) is 20.3. The van der Waals surface area contributed by atoms with E-state index in [2.05, 4.69) is 230 Å². The van der Waals surface area contributed by atoms with Crippen LogP contribution in [0.2, 0.25) is 0 Å². The Kier molecular flexibility index (Phi) is 13.5. The predicted octanol–water partition coefficient (Wildman–Crippen LogP) is 18.0. The summed E-state index contributed by atoms with van der Waals surface area (Å²) in [7, 11) is 0. The lowest BCUT2D eigenvalue weighted by Crippen LogP contribution is -2.28. The molecule has 9 rings (SSSR count). The third kappa shape index (κ3) is 10.5. The lowest BCUT2D eigenvalue weighted by atomic mass is 9.80. The van der Waals surface area contributed by atoms with Gasteiger partial charge in [0.25, 0.3) is 0 Å². The molecule has 0 radical (unpaired) electrons. The Labute approximate surface area is 427 Å². The second kappa shape index (κ2) is 19.8. The van der Waals surface area contributed by atoms with Gasteiger partial charge in [0.15, 0.2) is 0 Å². The maximum atomic E-state index is 6.83. The monoisotopic (exact) mass is 948 g/mol. The van der Waals surface area contributed by atoms with Gasteiger partial charge in [-0.25, -0.2) is 0 Å². The minimum Gasteiger partial charge on any atom is -0.457 e. The molecule has 0 saturated carbocycles. The van der Waals surface area contributed by atoms with E-state index in [1.165, 1.54) is 16.7 Å². The molecule has 9 aromatic rings. The zero-order chi connectivity index (χ0) is 50.0. The van der Waals surface area contributed by atoms with Crippen molar-refractivity contribution in [1.29, 1.82) is 0 Å². The number of pyridine rings is 2. The Balaban J connectivity index is 1.15. The fraction of sp³-hybridized carbons (Fsp3) is 0.200. The molecule has 0 aliphatic carbocycles. The van der Waals surface area contributed by atoms with Crippen molar-refractivity contribution >= 4 is 46.8 Å². The molecule has 0 aliphatic heterocycles. The molecule has 71 heavy (non-hydrogen) atoms. The number of ether oxygens (including phenoxy) is 1. The number of hydrogen-bond donors (Lipinski definition) is 1. The summed E-state index contributed by atoms with van der Waals surface area (Å²) >= 11 is 5.89. The van der Waals surface area contributed by atoms with Crippen LogP contribution in [0.15, 0.2) is 219 Å². The maximum Gasteiger partial charge on any atom is 0.128 e. The van der Waals surface area contributed by atoms with Gasteiger partial charge in [-0.1, -0.05) is 165 Å². The fourth-order valence-corrected chi connectivity index (χ4v) is 9.56. The van der Waals surface area contributed by atoms with Gasteiger partial charge in [0.1, 0.15) is 16.2 Å². The molecule has 7 aromatic carbocycles. The molecule has 2 aromatic heterocycles. The second-order valence-corrected chi connectivity index (χ2v) is 22.1. The number of rotatable bonds is 12. The molecule has 0 aliphatic rings. The highest BCUT2D eigenvalue weighted by atomic mass is 32.1. The topological polar surface area (TPSA) is 41.5 Å². The third-order valence-electron chi connectivity index (χ3n) is 13.2. The molecular weight excluding hydrogens is 885 g/mol. The maximum absolute atomic E-state index is 6.83. The van der Waals surface area contributed by atoms with E-state index in [9.17, 15) is 0 Å². The molecule has 0 amide bonds. The van der Waals surface area contributed by atoms with Gasteiger partial charge in [-0.15, -0.1) is 0 Å². The van der Waals surface area contributed by atoms with Gasteiger partial charge in [0, 0.05) is 52.0 Å².